The van der Waals surface area contributed by atoms with Gasteiger partial charge in [0.2, 0.25) is 0 Å². The van der Waals surface area contributed by atoms with Gasteiger partial charge in [-0.3, -0.25) is 0 Å². The van der Waals surface area contributed by atoms with Crippen LogP contribution >= 0.6 is 11.3 Å². The van der Waals surface area contributed by atoms with Gasteiger partial charge in [-0.1, -0.05) is 0 Å². The molecule has 0 saturated heterocycles. The first-order valence-corrected chi connectivity index (χ1v) is 4.12. The Balaban J connectivity index is 2.68. The Morgan fingerprint density at radius 3 is 2.80 bits per heavy atom. The molecule has 0 unspecified atom stereocenters. The minimum absolute atomic E-state index is 0.186. The third kappa shape index (κ3) is 1.56. The van der Waals surface area contributed by atoms with E-state index in [9.17, 15) is 5.11 Å². The van der Waals surface area contributed by atoms with Crippen molar-refractivity contribution < 1.29 is 5.11 Å². The highest BCUT2D eigenvalue weighted by molar-refractivity contribution is 7.07. The highest BCUT2D eigenvalue weighted by atomic mass is 32.1. The maximum atomic E-state index is 9.37. The molecule has 56 valence electrons. The summed E-state index contributed by atoms with van der Waals surface area (Å²) >= 11 is 1.57. The zero-order valence-electron chi connectivity index (χ0n) is 5.82. The second kappa shape index (κ2) is 3.14. The van der Waals surface area contributed by atoms with Gasteiger partial charge in [0.15, 0.2) is 0 Å². The van der Waals surface area contributed by atoms with Crippen LogP contribution in [0.4, 0.5) is 0 Å². The Morgan fingerprint density at radius 2 is 2.40 bits per heavy atom. The van der Waals surface area contributed by atoms with Crippen molar-refractivity contribution in [2.75, 3.05) is 0 Å². The van der Waals surface area contributed by atoms with E-state index < -0.39 is 6.10 Å². The van der Waals surface area contributed by atoms with Crippen molar-refractivity contribution in [1.29, 1.82) is 0 Å². The second-order valence-electron chi connectivity index (χ2n) is 2.36. The summed E-state index contributed by atoms with van der Waals surface area (Å²) in [7, 11) is 0. The molecule has 10 heavy (non-hydrogen) atoms. The van der Waals surface area contributed by atoms with Gasteiger partial charge in [-0.2, -0.15) is 11.3 Å². The molecule has 1 rings (SSSR count). The summed E-state index contributed by atoms with van der Waals surface area (Å²) in [5, 5.41) is 13.2. The molecule has 1 aromatic heterocycles. The maximum Gasteiger partial charge on any atom is 0.0946 e. The molecule has 0 saturated carbocycles. The molecule has 2 atom stereocenters. The average Bonchev–Trinajstić information content (AvgIpc) is 2.36. The SMILES string of the molecule is C[C@H](N)[C@@H](O)c1ccsc1. The molecule has 0 spiro atoms. The fraction of sp³-hybridized carbons (Fsp3) is 0.429. The zero-order chi connectivity index (χ0) is 7.56. The molecule has 1 aromatic rings. The van der Waals surface area contributed by atoms with Crippen LogP contribution in [-0.2, 0) is 0 Å². The number of hydrogen-bond acceptors (Lipinski definition) is 3. The van der Waals surface area contributed by atoms with Gasteiger partial charge in [-0.05, 0) is 29.3 Å². The maximum absolute atomic E-state index is 9.37. The first kappa shape index (κ1) is 7.72. The van der Waals surface area contributed by atoms with Gasteiger partial charge in [-0.25, -0.2) is 0 Å². The van der Waals surface area contributed by atoms with Crippen LogP contribution in [-0.4, -0.2) is 11.1 Å². The number of aliphatic hydroxyl groups is 1. The Bertz CT molecular complexity index is 183. The molecule has 0 aliphatic carbocycles. The van der Waals surface area contributed by atoms with Crippen LogP contribution in [0.25, 0.3) is 0 Å². The van der Waals surface area contributed by atoms with E-state index in [2.05, 4.69) is 0 Å². The summed E-state index contributed by atoms with van der Waals surface area (Å²) in [6.07, 6.45) is -0.508. The van der Waals surface area contributed by atoms with E-state index in [0.29, 0.717) is 0 Å². The van der Waals surface area contributed by atoms with E-state index in [1.807, 2.05) is 16.8 Å². The highest BCUT2D eigenvalue weighted by Crippen LogP contribution is 2.17. The molecule has 0 aromatic carbocycles. The first-order chi connectivity index (χ1) is 4.72. The standard InChI is InChI=1S/C7H11NOS/c1-5(8)7(9)6-2-3-10-4-6/h2-5,7,9H,8H2,1H3/t5-,7+/m0/s1. The topological polar surface area (TPSA) is 46.2 Å². The van der Waals surface area contributed by atoms with Crippen LogP contribution < -0.4 is 5.73 Å². The lowest BCUT2D eigenvalue weighted by atomic mass is 10.1. The molecule has 3 N–H and O–H groups in total. The van der Waals surface area contributed by atoms with Gasteiger partial charge < -0.3 is 10.8 Å². The van der Waals surface area contributed by atoms with Gasteiger partial charge in [0.25, 0.3) is 0 Å². The van der Waals surface area contributed by atoms with Crippen molar-refractivity contribution in [2.45, 2.75) is 19.1 Å². The predicted octanol–water partition coefficient (Wildman–Crippen LogP) is 1.13. The van der Waals surface area contributed by atoms with E-state index in [4.69, 9.17) is 5.73 Å². The fourth-order valence-electron chi connectivity index (χ4n) is 0.747. The van der Waals surface area contributed by atoms with E-state index in [1.165, 1.54) is 0 Å². The van der Waals surface area contributed by atoms with E-state index in [0.717, 1.165) is 5.56 Å². The van der Waals surface area contributed by atoms with Crippen LogP contribution in [0.15, 0.2) is 16.8 Å². The van der Waals surface area contributed by atoms with Gasteiger partial charge >= 0.3 is 0 Å². The van der Waals surface area contributed by atoms with Crippen molar-refractivity contribution in [2.24, 2.45) is 5.73 Å². The van der Waals surface area contributed by atoms with Gasteiger partial charge in [0, 0.05) is 6.04 Å². The lowest BCUT2D eigenvalue weighted by molar-refractivity contribution is 0.154. The van der Waals surface area contributed by atoms with Crippen molar-refractivity contribution in [3.63, 3.8) is 0 Å². The number of hydrogen-bond donors (Lipinski definition) is 2. The molecule has 1 heterocycles. The average molecular weight is 157 g/mol. The van der Waals surface area contributed by atoms with E-state index in [-0.39, 0.29) is 6.04 Å². The molecule has 0 bridgehead atoms. The van der Waals surface area contributed by atoms with Crippen LogP contribution in [0.1, 0.15) is 18.6 Å². The number of thiophene rings is 1. The van der Waals surface area contributed by atoms with Crippen LogP contribution in [0, 0.1) is 0 Å². The zero-order valence-corrected chi connectivity index (χ0v) is 6.64. The predicted molar refractivity (Wildman–Crippen MR) is 42.9 cm³/mol. The Labute approximate surface area is 64.3 Å². The van der Waals surface area contributed by atoms with Crippen LogP contribution in [0.2, 0.25) is 0 Å². The lowest BCUT2D eigenvalue weighted by Gasteiger charge is -2.11. The van der Waals surface area contributed by atoms with Gasteiger partial charge in [0.05, 0.1) is 6.10 Å². The summed E-state index contributed by atoms with van der Waals surface area (Å²) in [4.78, 5) is 0. The summed E-state index contributed by atoms with van der Waals surface area (Å²) < 4.78 is 0. The molecule has 2 nitrogen and oxygen atoms in total. The number of nitrogens with two attached hydrogens (primary N) is 1. The van der Waals surface area contributed by atoms with E-state index in [1.54, 1.807) is 18.3 Å². The van der Waals surface area contributed by atoms with Gasteiger partial charge in [0.1, 0.15) is 0 Å². The fourth-order valence-corrected chi connectivity index (χ4v) is 1.44. The monoisotopic (exact) mass is 157 g/mol. The van der Waals surface area contributed by atoms with E-state index >= 15 is 0 Å². The summed E-state index contributed by atoms with van der Waals surface area (Å²) in [5.74, 6) is 0. The Kier molecular flexibility index (Phi) is 2.43. The molecule has 0 radical (unpaired) electrons. The van der Waals surface area contributed by atoms with Crippen molar-refractivity contribution in [1.82, 2.24) is 0 Å². The third-order valence-electron chi connectivity index (χ3n) is 1.38. The summed E-state index contributed by atoms with van der Waals surface area (Å²) in [6.45, 7) is 1.79. The van der Waals surface area contributed by atoms with Crippen LogP contribution in [0.3, 0.4) is 0 Å². The normalized spacial score (nSPS) is 16.7. The summed E-state index contributed by atoms with van der Waals surface area (Å²) in [5.41, 5.74) is 6.40. The van der Waals surface area contributed by atoms with Crippen molar-refractivity contribution in [3.8, 4) is 0 Å². The molecule has 0 fully saturated rings. The van der Waals surface area contributed by atoms with Crippen LogP contribution in [0.5, 0.6) is 0 Å². The minimum atomic E-state index is -0.508. The van der Waals surface area contributed by atoms with Crippen molar-refractivity contribution >= 4 is 11.3 Å². The number of rotatable bonds is 2. The largest absolute Gasteiger partial charge is 0.387 e. The highest BCUT2D eigenvalue weighted by Gasteiger charge is 2.11. The molecule has 0 aliphatic heterocycles. The molecule has 3 heteroatoms. The Hall–Kier alpha value is -0.380. The molecular weight excluding hydrogens is 146 g/mol. The number of aliphatic hydroxyl groups excluding tert-OH is 1. The minimum Gasteiger partial charge on any atom is -0.387 e. The second-order valence-corrected chi connectivity index (χ2v) is 3.14. The lowest BCUT2D eigenvalue weighted by Crippen LogP contribution is -2.23. The molecule has 0 aliphatic rings. The molecular formula is C7H11NOS. The third-order valence-corrected chi connectivity index (χ3v) is 2.08. The first-order valence-electron chi connectivity index (χ1n) is 3.17. The Morgan fingerprint density at radius 1 is 1.70 bits per heavy atom. The quantitative estimate of drug-likeness (QED) is 0.676. The van der Waals surface area contributed by atoms with Gasteiger partial charge in [-0.15, -0.1) is 0 Å². The summed E-state index contributed by atoms with van der Waals surface area (Å²) in [6, 6.07) is 1.70. The van der Waals surface area contributed by atoms with Crippen molar-refractivity contribution in [3.05, 3.63) is 22.4 Å². The smallest absolute Gasteiger partial charge is 0.0946 e. The molecule has 0 amide bonds.